The summed E-state index contributed by atoms with van der Waals surface area (Å²) in [5, 5.41) is 16.4. The molecule has 3 atom stereocenters. The Bertz CT molecular complexity index is 3150. The van der Waals surface area contributed by atoms with Gasteiger partial charge < -0.3 is 29.7 Å². The van der Waals surface area contributed by atoms with Gasteiger partial charge in [0.05, 0.1) is 19.3 Å². The van der Waals surface area contributed by atoms with Gasteiger partial charge in [-0.2, -0.15) is 5.48 Å². The van der Waals surface area contributed by atoms with Crippen LogP contribution < -0.4 is 27.2 Å². The molecule has 2 aromatic heterocycles. The summed E-state index contributed by atoms with van der Waals surface area (Å²) in [5.41, 5.74) is 5.20. The minimum absolute atomic E-state index is 0.0203. The molecule has 0 bridgehead atoms. The van der Waals surface area contributed by atoms with Gasteiger partial charge in [-0.05, 0) is 58.7 Å². The molecule has 0 saturated carbocycles. The van der Waals surface area contributed by atoms with Gasteiger partial charge in [-0.25, -0.2) is 14.9 Å². The summed E-state index contributed by atoms with van der Waals surface area (Å²) in [6.07, 6.45) is -0.0329. The molecule has 4 heterocycles. The van der Waals surface area contributed by atoms with Crippen molar-refractivity contribution in [2.24, 2.45) is 0 Å². The highest BCUT2D eigenvalue weighted by Gasteiger charge is 2.55. The Kier molecular flexibility index (Phi) is 17.5. The predicted octanol–water partition coefficient (Wildman–Crippen LogP) is 7.68. The van der Waals surface area contributed by atoms with E-state index in [0.717, 1.165) is 33.0 Å². The van der Waals surface area contributed by atoms with E-state index in [4.69, 9.17) is 24.0 Å². The van der Waals surface area contributed by atoms with Gasteiger partial charge in [0.1, 0.15) is 22.7 Å². The number of H-pyrrole nitrogens is 1. The van der Waals surface area contributed by atoms with Crippen molar-refractivity contribution < 1.29 is 33.4 Å². The third-order valence-electron chi connectivity index (χ3n) is 12.6. The Morgan fingerprint density at radius 1 is 0.816 bits per heavy atom. The molecule has 1 fully saturated rings. The highest BCUT2D eigenvalue weighted by molar-refractivity contribution is 8.02. The Morgan fingerprint density at radius 3 is 1.91 bits per heavy atom. The number of fused-ring (bicyclic) bond motifs is 1. The van der Waals surface area contributed by atoms with E-state index in [1.807, 2.05) is 115 Å². The number of ether oxygens (including phenoxy) is 3. The molecule has 17 nitrogen and oxygen atoms in total. The van der Waals surface area contributed by atoms with Crippen LogP contribution in [0.1, 0.15) is 59.5 Å². The largest absolute Gasteiger partial charge is 0.448 e. The smallest absolute Gasteiger partial charge is 0.356 e. The summed E-state index contributed by atoms with van der Waals surface area (Å²) in [6, 6.07) is 46.5. The first-order valence-electron chi connectivity index (χ1n) is 24.4. The Labute approximate surface area is 450 Å². The van der Waals surface area contributed by atoms with Crippen molar-refractivity contribution in [3.8, 4) is 0 Å². The Hall–Kier alpha value is -7.43. The number of carbonyl (C=O) groups excluding carboxylic acids is 3. The number of aromatic amines is 1. The van der Waals surface area contributed by atoms with E-state index in [9.17, 15) is 24.0 Å². The number of nitrogens with one attached hydrogen (secondary N) is 4. The van der Waals surface area contributed by atoms with Gasteiger partial charge >= 0.3 is 17.1 Å². The van der Waals surface area contributed by atoms with Gasteiger partial charge in [0.15, 0.2) is 28.7 Å². The predicted molar refractivity (Wildman–Crippen MR) is 292 cm³/mol. The van der Waals surface area contributed by atoms with E-state index in [0.29, 0.717) is 40.7 Å². The molecule has 2 aliphatic rings. The van der Waals surface area contributed by atoms with Gasteiger partial charge in [-0.1, -0.05) is 163 Å². The van der Waals surface area contributed by atoms with Crippen molar-refractivity contribution in [2.75, 3.05) is 31.4 Å². The van der Waals surface area contributed by atoms with Gasteiger partial charge in [-0.15, -0.1) is 28.2 Å². The van der Waals surface area contributed by atoms with E-state index >= 15 is 0 Å². The lowest BCUT2D eigenvalue weighted by Gasteiger charge is -2.49. The lowest BCUT2D eigenvalue weighted by atomic mass is 9.77. The molecule has 1 saturated heterocycles. The number of benzene rings is 5. The number of rotatable bonds is 23. The lowest BCUT2D eigenvalue weighted by Crippen LogP contribution is -2.71. The number of thioether (sulfide) groups is 2. The van der Waals surface area contributed by atoms with Crippen molar-refractivity contribution >= 4 is 57.8 Å². The Morgan fingerprint density at radius 2 is 1.37 bits per heavy atom. The monoisotopic (exact) mass is 1080 g/mol. The van der Waals surface area contributed by atoms with Crippen molar-refractivity contribution in [1.82, 2.24) is 35.4 Å². The first kappa shape index (κ1) is 53.4. The number of anilines is 1. The number of thiazole rings is 1. The molecule has 5 aromatic carbocycles. The van der Waals surface area contributed by atoms with E-state index in [-0.39, 0.29) is 23.2 Å². The highest BCUT2D eigenvalue weighted by atomic mass is 32.2. The summed E-state index contributed by atoms with van der Waals surface area (Å²) < 4.78 is 18.9. The summed E-state index contributed by atoms with van der Waals surface area (Å²) in [7, 11) is 1.39. The van der Waals surface area contributed by atoms with Crippen LogP contribution in [0, 0.1) is 0 Å². The molecule has 7 aromatic rings. The minimum Gasteiger partial charge on any atom is -0.448 e. The summed E-state index contributed by atoms with van der Waals surface area (Å²) in [4.78, 5) is 81.1. The topological polar surface area (TPSA) is 208 Å². The second kappa shape index (κ2) is 24.9. The molecule has 0 radical (unpaired) electrons. The van der Waals surface area contributed by atoms with Gasteiger partial charge in [0.25, 0.3) is 5.91 Å². The van der Waals surface area contributed by atoms with Crippen LogP contribution in [0.3, 0.4) is 0 Å². The number of aromatic nitrogens is 4. The van der Waals surface area contributed by atoms with Crippen LogP contribution in [0.4, 0.5) is 5.13 Å². The second-order valence-electron chi connectivity index (χ2n) is 17.2. The van der Waals surface area contributed by atoms with Crippen LogP contribution in [0.5, 0.6) is 0 Å². The maximum atomic E-state index is 14.8. The zero-order chi connectivity index (χ0) is 53.0. The van der Waals surface area contributed by atoms with E-state index in [1.165, 1.54) is 35.1 Å². The quantitative estimate of drug-likeness (QED) is 0.00922. The fourth-order valence-electron chi connectivity index (χ4n) is 9.05. The van der Waals surface area contributed by atoms with E-state index in [1.54, 1.807) is 30.7 Å². The number of amides is 2. The van der Waals surface area contributed by atoms with Gasteiger partial charge in [-0.3, -0.25) is 28.6 Å². The lowest BCUT2D eigenvalue weighted by molar-refractivity contribution is -0.155. The number of esters is 1. The molecule has 390 valence electrons. The standard InChI is InChI=1S/C56H54N8O9S3/c1-4-71-43(72-5-2)33-63-51(68)49(66)60-61-55(63)74-32-31-38-34-75-52-45(50(67)64(52)46(38)53(69)73-47(36-21-11-6-12-22-36)37-23-13-7-14-24-37)58-48(65)44(62-70-3)42-35-76-54(57-42)59-56(39-25-15-8-16-26-39,40-27-17-9-18-28-40)41-29-19-10-20-30-41/h6-32,35,43-45,47,52,62H,4-5,33-34H2,1-3H3,(H,57,59)(H,58,65)(H,60,66)/b32-31+. The van der Waals surface area contributed by atoms with Crippen LogP contribution in [0.15, 0.2) is 195 Å². The van der Waals surface area contributed by atoms with Crippen molar-refractivity contribution in [3.05, 3.63) is 234 Å². The molecule has 3 unspecified atom stereocenters. The number of hydroxylamine groups is 1. The van der Waals surface area contributed by atoms with Crippen molar-refractivity contribution in [2.45, 2.75) is 60.9 Å². The Balaban J connectivity index is 1.00. The second-order valence-corrected chi connectivity index (χ2v) is 20.0. The van der Waals surface area contributed by atoms with Gasteiger partial charge in [0.2, 0.25) is 5.91 Å². The molecule has 76 heavy (non-hydrogen) atoms. The molecule has 9 rings (SSSR count). The zero-order valence-electron chi connectivity index (χ0n) is 41.6. The third-order valence-corrected chi connectivity index (χ3v) is 15.4. The van der Waals surface area contributed by atoms with Gasteiger partial charge in [0, 0.05) is 24.3 Å². The van der Waals surface area contributed by atoms with Crippen LogP contribution in [-0.2, 0) is 45.5 Å². The third kappa shape index (κ3) is 11.5. The molecule has 0 spiro atoms. The SMILES string of the molecule is CCOC(Cn1c(S/C=C/C2=C(C(=O)OC(c3ccccc3)c3ccccc3)N3C(=O)C(NC(=O)C(NOC)c4csc(NC(c5ccccc5)(c5ccccc5)c5ccccc5)n4)C3SC2)n[nH]c(=O)c1=O)OCC. The molecule has 20 heteroatoms. The number of carbonyl (C=O) groups is 3. The molecule has 2 aliphatic heterocycles. The summed E-state index contributed by atoms with van der Waals surface area (Å²) >= 11 is 3.67. The maximum absolute atomic E-state index is 14.8. The fraction of sp³-hybridized carbons (Fsp3) is 0.232. The first-order chi connectivity index (χ1) is 37.1. The van der Waals surface area contributed by atoms with E-state index in [2.05, 4.69) is 62.7 Å². The molecule has 0 aliphatic carbocycles. The molecular weight excluding hydrogens is 1020 g/mol. The fourth-order valence-corrected chi connectivity index (χ4v) is 11.9. The van der Waals surface area contributed by atoms with Crippen LogP contribution in [0.25, 0.3) is 0 Å². The average Bonchev–Trinajstić information content (AvgIpc) is 3.95. The van der Waals surface area contributed by atoms with Crippen LogP contribution in [0.2, 0.25) is 0 Å². The summed E-state index contributed by atoms with van der Waals surface area (Å²) in [5.74, 6) is -1.70. The van der Waals surface area contributed by atoms with E-state index < -0.39 is 64.3 Å². The van der Waals surface area contributed by atoms with Crippen molar-refractivity contribution in [3.63, 3.8) is 0 Å². The van der Waals surface area contributed by atoms with Crippen LogP contribution in [-0.4, -0.2) is 86.2 Å². The molecular formula is C56H54N8O9S3. The minimum atomic E-state index is -1.16. The maximum Gasteiger partial charge on any atom is 0.356 e. The number of β-lactam (4-membered cyclic amide) rings is 1. The molecule has 2 amide bonds. The first-order valence-corrected chi connectivity index (χ1v) is 27.2. The average molecular weight is 1080 g/mol. The number of allylic oxidation sites excluding steroid dienone is 1. The number of hydrogen-bond acceptors (Lipinski definition) is 16. The number of hydrogen-bond donors (Lipinski definition) is 4. The highest BCUT2D eigenvalue weighted by Crippen LogP contribution is 2.44. The normalized spacial score (nSPS) is 15.9. The molecule has 4 N–H and O–H groups in total. The zero-order valence-corrected chi connectivity index (χ0v) is 44.0. The summed E-state index contributed by atoms with van der Waals surface area (Å²) in [6.45, 7) is 4.06. The van der Waals surface area contributed by atoms with Crippen LogP contribution >= 0.6 is 34.9 Å². The van der Waals surface area contributed by atoms with Crippen molar-refractivity contribution in [1.29, 1.82) is 0 Å². The number of nitrogens with zero attached hydrogens (tertiary/aromatic N) is 4.